The molecule has 0 amide bonds. The molecule has 2 rings (SSSR count). The van der Waals surface area contributed by atoms with Crippen molar-refractivity contribution >= 4 is 11.4 Å². The molecule has 0 saturated heterocycles. The van der Waals surface area contributed by atoms with Crippen molar-refractivity contribution in [3.05, 3.63) is 59.4 Å². The van der Waals surface area contributed by atoms with Gasteiger partial charge in [-0.2, -0.15) is 0 Å². The third-order valence-electron chi connectivity index (χ3n) is 3.48. The topological polar surface area (TPSA) is 29.3 Å². The van der Waals surface area contributed by atoms with Crippen molar-refractivity contribution in [2.24, 2.45) is 5.73 Å². The van der Waals surface area contributed by atoms with Gasteiger partial charge >= 0.3 is 0 Å². The molecule has 0 aliphatic carbocycles. The lowest BCUT2D eigenvalue weighted by Gasteiger charge is -2.27. The zero-order valence-electron chi connectivity index (χ0n) is 12.1. The minimum Gasteiger partial charge on any atom is -0.339 e. The number of benzene rings is 2. The third-order valence-corrected chi connectivity index (χ3v) is 3.48. The first-order chi connectivity index (χ1) is 9.69. The van der Waals surface area contributed by atoms with Crippen molar-refractivity contribution in [3.63, 3.8) is 0 Å². The van der Waals surface area contributed by atoms with Gasteiger partial charge in [0.2, 0.25) is 0 Å². The molecule has 106 valence electrons. The lowest BCUT2D eigenvalue weighted by Crippen LogP contribution is -2.21. The number of hydrogen-bond acceptors (Lipinski definition) is 2. The van der Waals surface area contributed by atoms with Crippen molar-refractivity contribution in [3.8, 4) is 0 Å². The fourth-order valence-corrected chi connectivity index (χ4v) is 2.53. The van der Waals surface area contributed by atoms with Crippen LogP contribution in [-0.4, -0.2) is 13.1 Å². The highest BCUT2D eigenvalue weighted by Crippen LogP contribution is 2.33. The van der Waals surface area contributed by atoms with Gasteiger partial charge in [0, 0.05) is 12.2 Å². The van der Waals surface area contributed by atoms with E-state index in [-0.39, 0.29) is 5.82 Å². The highest BCUT2D eigenvalue weighted by atomic mass is 19.1. The Morgan fingerprint density at radius 1 is 1.10 bits per heavy atom. The van der Waals surface area contributed by atoms with Gasteiger partial charge in [-0.25, -0.2) is 4.39 Å². The molecule has 0 bridgehead atoms. The van der Waals surface area contributed by atoms with Crippen LogP contribution in [0.15, 0.2) is 42.5 Å². The van der Waals surface area contributed by atoms with Crippen LogP contribution in [0.4, 0.5) is 15.8 Å². The number of anilines is 2. The molecule has 0 aromatic heterocycles. The fraction of sp³-hybridized carbons (Fsp3) is 0.294. The van der Waals surface area contributed by atoms with E-state index < -0.39 is 0 Å². The largest absolute Gasteiger partial charge is 0.339 e. The second-order valence-corrected chi connectivity index (χ2v) is 4.82. The number of nitrogens with two attached hydrogens (primary N) is 1. The first-order valence-corrected chi connectivity index (χ1v) is 6.99. The van der Waals surface area contributed by atoms with Crippen molar-refractivity contribution in [1.82, 2.24) is 0 Å². The summed E-state index contributed by atoms with van der Waals surface area (Å²) < 4.78 is 14.3. The number of hydrogen-bond donors (Lipinski definition) is 1. The van der Waals surface area contributed by atoms with Crippen molar-refractivity contribution in [2.75, 3.05) is 18.0 Å². The molecule has 0 radical (unpaired) electrons. The van der Waals surface area contributed by atoms with Crippen LogP contribution in [0.2, 0.25) is 0 Å². The van der Waals surface area contributed by atoms with Crippen molar-refractivity contribution < 1.29 is 4.39 Å². The van der Waals surface area contributed by atoms with Gasteiger partial charge in [0.05, 0.1) is 5.69 Å². The van der Waals surface area contributed by atoms with Gasteiger partial charge in [0.1, 0.15) is 5.82 Å². The molecule has 2 N–H and O–H groups in total. The van der Waals surface area contributed by atoms with Crippen molar-refractivity contribution in [1.29, 1.82) is 0 Å². The van der Waals surface area contributed by atoms with E-state index in [0.29, 0.717) is 25.2 Å². The third kappa shape index (κ3) is 2.83. The van der Waals surface area contributed by atoms with E-state index in [9.17, 15) is 4.39 Å². The summed E-state index contributed by atoms with van der Waals surface area (Å²) in [7, 11) is 0. The SMILES string of the molecule is CCN(c1ccccc1C)c1c(F)cccc1CCN. The zero-order chi connectivity index (χ0) is 14.5. The van der Waals surface area contributed by atoms with E-state index >= 15 is 0 Å². The van der Waals surface area contributed by atoms with E-state index in [4.69, 9.17) is 5.73 Å². The average Bonchev–Trinajstić information content (AvgIpc) is 2.44. The zero-order valence-corrected chi connectivity index (χ0v) is 12.1. The Balaban J connectivity index is 2.55. The normalized spacial score (nSPS) is 10.6. The smallest absolute Gasteiger partial charge is 0.147 e. The predicted molar refractivity (Wildman–Crippen MR) is 83.0 cm³/mol. The Morgan fingerprint density at radius 3 is 2.50 bits per heavy atom. The maximum absolute atomic E-state index is 14.3. The first-order valence-electron chi connectivity index (χ1n) is 6.99. The van der Waals surface area contributed by atoms with Crippen LogP contribution in [0.3, 0.4) is 0 Å². The van der Waals surface area contributed by atoms with Crippen LogP contribution < -0.4 is 10.6 Å². The molecule has 0 fully saturated rings. The van der Waals surface area contributed by atoms with E-state index in [1.165, 1.54) is 6.07 Å². The minimum absolute atomic E-state index is 0.193. The fourth-order valence-electron chi connectivity index (χ4n) is 2.53. The number of nitrogens with zero attached hydrogens (tertiary/aromatic N) is 1. The summed E-state index contributed by atoms with van der Waals surface area (Å²) in [4.78, 5) is 2.02. The summed E-state index contributed by atoms with van der Waals surface area (Å²) in [6.45, 7) is 5.30. The van der Waals surface area contributed by atoms with E-state index in [1.807, 2.05) is 49.1 Å². The summed E-state index contributed by atoms with van der Waals surface area (Å²) in [6.07, 6.45) is 0.676. The predicted octanol–water partition coefficient (Wildman–Crippen LogP) is 3.79. The summed E-state index contributed by atoms with van der Waals surface area (Å²) in [6, 6.07) is 13.3. The lowest BCUT2D eigenvalue weighted by atomic mass is 10.1. The maximum atomic E-state index is 14.3. The van der Waals surface area contributed by atoms with E-state index in [0.717, 1.165) is 16.8 Å². The molecule has 2 aromatic carbocycles. The Labute approximate surface area is 120 Å². The Morgan fingerprint density at radius 2 is 1.85 bits per heavy atom. The van der Waals surface area contributed by atoms with Crippen LogP contribution in [0.5, 0.6) is 0 Å². The highest BCUT2D eigenvalue weighted by Gasteiger charge is 2.17. The molecule has 3 heteroatoms. The second kappa shape index (κ2) is 6.53. The van der Waals surface area contributed by atoms with Gasteiger partial charge in [0.25, 0.3) is 0 Å². The number of rotatable bonds is 5. The molecule has 2 nitrogen and oxygen atoms in total. The molecule has 0 spiro atoms. The van der Waals surface area contributed by atoms with E-state index in [1.54, 1.807) is 6.07 Å². The average molecular weight is 272 g/mol. The number of halogens is 1. The summed E-state index contributed by atoms with van der Waals surface area (Å²) in [5.41, 5.74) is 9.43. The van der Waals surface area contributed by atoms with Gasteiger partial charge in [-0.1, -0.05) is 30.3 Å². The standard InChI is InChI=1S/C17H21FN2/c1-3-20(16-10-5-4-7-13(16)2)17-14(11-12-19)8-6-9-15(17)18/h4-10H,3,11-12,19H2,1-2H3. The summed E-state index contributed by atoms with van der Waals surface area (Å²) >= 11 is 0. The Kier molecular flexibility index (Phi) is 4.74. The molecule has 0 unspecified atom stereocenters. The quantitative estimate of drug-likeness (QED) is 0.897. The molecular weight excluding hydrogens is 251 g/mol. The van der Waals surface area contributed by atoms with Crippen LogP contribution in [0, 0.1) is 12.7 Å². The van der Waals surface area contributed by atoms with Gasteiger partial charge < -0.3 is 10.6 Å². The molecular formula is C17H21FN2. The van der Waals surface area contributed by atoms with Gasteiger partial charge in [0.15, 0.2) is 0 Å². The van der Waals surface area contributed by atoms with Crippen LogP contribution in [0.25, 0.3) is 0 Å². The van der Waals surface area contributed by atoms with Crippen LogP contribution >= 0.6 is 0 Å². The molecule has 0 saturated carbocycles. The molecule has 0 atom stereocenters. The monoisotopic (exact) mass is 272 g/mol. The lowest BCUT2D eigenvalue weighted by molar-refractivity contribution is 0.623. The molecule has 0 aliphatic rings. The number of para-hydroxylation sites is 2. The van der Waals surface area contributed by atoms with Gasteiger partial charge in [-0.3, -0.25) is 0 Å². The Hall–Kier alpha value is -1.87. The van der Waals surface area contributed by atoms with Gasteiger partial charge in [-0.05, 0) is 50.1 Å². The highest BCUT2D eigenvalue weighted by molar-refractivity contribution is 5.69. The molecule has 0 heterocycles. The number of aryl methyl sites for hydroxylation is 1. The molecule has 2 aromatic rings. The van der Waals surface area contributed by atoms with Crippen LogP contribution in [-0.2, 0) is 6.42 Å². The Bertz CT molecular complexity index is 581. The maximum Gasteiger partial charge on any atom is 0.147 e. The summed E-state index contributed by atoms with van der Waals surface area (Å²) in [5, 5.41) is 0. The second-order valence-electron chi connectivity index (χ2n) is 4.82. The minimum atomic E-state index is -0.193. The van der Waals surface area contributed by atoms with E-state index in [2.05, 4.69) is 0 Å². The van der Waals surface area contributed by atoms with Crippen molar-refractivity contribution in [2.45, 2.75) is 20.3 Å². The summed E-state index contributed by atoms with van der Waals surface area (Å²) in [5.74, 6) is -0.193. The van der Waals surface area contributed by atoms with Gasteiger partial charge in [-0.15, -0.1) is 0 Å². The van der Waals surface area contributed by atoms with Crippen LogP contribution in [0.1, 0.15) is 18.1 Å². The molecule has 0 aliphatic heterocycles. The first kappa shape index (κ1) is 14.5. The molecule has 20 heavy (non-hydrogen) atoms.